The van der Waals surface area contributed by atoms with Crippen LogP contribution >= 0.6 is 0 Å². The Morgan fingerprint density at radius 1 is 0.953 bits per heavy atom. The van der Waals surface area contributed by atoms with Gasteiger partial charge in [0.2, 0.25) is 5.91 Å². The lowest BCUT2D eigenvalue weighted by atomic mass is 10.1. The van der Waals surface area contributed by atoms with E-state index >= 15 is 0 Å². The molecule has 222 valence electrons. The number of carbonyl (C=O) groups excluding carboxylic acids is 1. The Balaban J connectivity index is 1.86. The number of phenols is 2. The number of fused-ring (bicyclic) bond motifs is 1. The SMILES string of the molecule is CCOc1cc(N=Nc2ccc(O)c(C(=O)O)c2)c(NC(C)=O)cc1N=Nc1c(S(=O)(=O)O)cc2ccc(N)cc2c1O. The molecular weight excluding hydrogens is 584 g/mol. The quantitative estimate of drug-likeness (QED) is 0.0738. The van der Waals surface area contributed by atoms with Crippen molar-refractivity contribution >= 4 is 66.9 Å². The fourth-order valence-corrected chi connectivity index (χ4v) is 4.56. The minimum Gasteiger partial charge on any atom is -0.507 e. The predicted octanol–water partition coefficient (Wildman–Crippen LogP) is 5.97. The van der Waals surface area contributed by atoms with Crippen LogP contribution in [0.25, 0.3) is 10.8 Å². The van der Waals surface area contributed by atoms with Crippen molar-refractivity contribution in [3.05, 3.63) is 60.2 Å². The molecule has 0 spiro atoms. The molecular formula is C27H24N6O9S. The van der Waals surface area contributed by atoms with Crippen molar-refractivity contribution in [2.24, 2.45) is 20.5 Å². The maximum atomic E-state index is 12.2. The number of aromatic carboxylic acids is 1. The summed E-state index contributed by atoms with van der Waals surface area (Å²) in [6.45, 7) is 3.04. The lowest BCUT2D eigenvalue weighted by molar-refractivity contribution is -0.114. The lowest BCUT2D eigenvalue weighted by Gasteiger charge is -2.12. The molecule has 16 heteroatoms. The highest BCUT2D eigenvalue weighted by atomic mass is 32.2. The number of hydrogen-bond donors (Lipinski definition) is 6. The molecule has 0 aliphatic rings. The Kier molecular flexibility index (Phi) is 8.54. The molecule has 0 aliphatic heterocycles. The van der Waals surface area contributed by atoms with Gasteiger partial charge in [-0.25, -0.2) is 4.79 Å². The van der Waals surface area contributed by atoms with E-state index < -0.39 is 49.6 Å². The summed E-state index contributed by atoms with van der Waals surface area (Å²) in [7, 11) is -4.87. The van der Waals surface area contributed by atoms with Crippen LogP contribution in [0.3, 0.4) is 0 Å². The van der Waals surface area contributed by atoms with E-state index in [0.717, 1.165) is 18.2 Å². The van der Waals surface area contributed by atoms with Crippen molar-refractivity contribution in [1.82, 2.24) is 0 Å². The molecule has 0 radical (unpaired) electrons. The van der Waals surface area contributed by atoms with Crippen molar-refractivity contribution in [3.63, 3.8) is 0 Å². The van der Waals surface area contributed by atoms with Gasteiger partial charge in [-0.15, -0.1) is 15.3 Å². The van der Waals surface area contributed by atoms with Crippen LogP contribution < -0.4 is 15.8 Å². The van der Waals surface area contributed by atoms with E-state index in [0.29, 0.717) is 0 Å². The highest BCUT2D eigenvalue weighted by Crippen LogP contribution is 2.44. The number of azo groups is 2. The summed E-state index contributed by atoms with van der Waals surface area (Å²) in [5.74, 6) is -2.89. The molecule has 43 heavy (non-hydrogen) atoms. The topological polar surface area (TPSA) is 246 Å². The minimum absolute atomic E-state index is 0.0318. The number of nitrogens with two attached hydrogens (primary N) is 1. The summed E-state index contributed by atoms with van der Waals surface area (Å²) in [5.41, 5.74) is 5.29. The number of amides is 1. The van der Waals surface area contributed by atoms with Crippen LogP contribution in [0, 0.1) is 0 Å². The average Bonchev–Trinajstić information content (AvgIpc) is 2.92. The van der Waals surface area contributed by atoms with Gasteiger partial charge in [-0.05, 0) is 54.8 Å². The third kappa shape index (κ3) is 6.83. The first-order valence-electron chi connectivity index (χ1n) is 12.3. The number of ether oxygens (including phenoxy) is 1. The molecule has 0 saturated carbocycles. The molecule has 15 nitrogen and oxygen atoms in total. The largest absolute Gasteiger partial charge is 0.507 e. The average molecular weight is 609 g/mol. The van der Waals surface area contributed by atoms with Gasteiger partial charge >= 0.3 is 5.97 Å². The third-order valence-electron chi connectivity index (χ3n) is 5.78. The molecule has 4 aromatic carbocycles. The summed E-state index contributed by atoms with van der Waals surface area (Å²) in [6.07, 6.45) is 0. The highest BCUT2D eigenvalue weighted by Gasteiger charge is 2.23. The Bertz CT molecular complexity index is 1940. The Morgan fingerprint density at radius 3 is 2.33 bits per heavy atom. The van der Waals surface area contributed by atoms with Crippen molar-refractivity contribution < 1.29 is 42.6 Å². The normalized spacial score (nSPS) is 11.8. The van der Waals surface area contributed by atoms with Crippen LogP contribution in [0.15, 0.2) is 79.9 Å². The Hall–Kier alpha value is -5.61. The monoisotopic (exact) mass is 608 g/mol. The molecule has 1 amide bonds. The lowest BCUT2D eigenvalue weighted by Crippen LogP contribution is -2.06. The van der Waals surface area contributed by atoms with Crippen molar-refractivity contribution in [3.8, 4) is 17.2 Å². The smallest absolute Gasteiger partial charge is 0.339 e. The summed E-state index contributed by atoms with van der Waals surface area (Å²) in [4.78, 5) is 22.6. The Morgan fingerprint density at radius 2 is 1.67 bits per heavy atom. The number of carboxylic acid groups (broad SMARTS) is 1. The van der Waals surface area contributed by atoms with Gasteiger partial charge in [0.05, 0.1) is 18.0 Å². The second-order valence-corrected chi connectivity index (χ2v) is 10.3. The number of anilines is 2. The number of nitrogens with one attached hydrogen (secondary N) is 1. The predicted molar refractivity (Wildman–Crippen MR) is 155 cm³/mol. The summed E-state index contributed by atoms with van der Waals surface area (Å²) in [5, 5.41) is 48.8. The van der Waals surface area contributed by atoms with Gasteiger partial charge in [0, 0.05) is 24.1 Å². The molecule has 0 saturated heterocycles. The zero-order chi connectivity index (χ0) is 31.5. The van der Waals surface area contributed by atoms with E-state index in [-0.39, 0.29) is 51.6 Å². The van der Waals surface area contributed by atoms with Crippen LogP contribution in [0.4, 0.5) is 34.1 Å². The molecule has 4 rings (SSSR count). The van der Waals surface area contributed by atoms with E-state index in [9.17, 15) is 37.9 Å². The highest BCUT2D eigenvalue weighted by molar-refractivity contribution is 7.86. The van der Waals surface area contributed by atoms with Gasteiger partial charge in [0.1, 0.15) is 39.0 Å². The molecule has 0 aromatic heterocycles. The molecule has 0 atom stereocenters. The minimum atomic E-state index is -4.87. The van der Waals surface area contributed by atoms with E-state index in [4.69, 9.17) is 10.5 Å². The second-order valence-electron chi connectivity index (χ2n) is 8.89. The second kappa shape index (κ2) is 12.1. The van der Waals surface area contributed by atoms with Crippen molar-refractivity contribution in [1.29, 1.82) is 0 Å². The van der Waals surface area contributed by atoms with Gasteiger partial charge in [0.15, 0.2) is 5.75 Å². The maximum Gasteiger partial charge on any atom is 0.339 e. The number of nitrogen functional groups attached to an aromatic ring is 1. The van der Waals surface area contributed by atoms with E-state index in [1.54, 1.807) is 6.92 Å². The zero-order valence-corrected chi connectivity index (χ0v) is 23.3. The first-order chi connectivity index (χ1) is 20.3. The van der Waals surface area contributed by atoms with Crippen LogP contribution in [0.5, 0.6) is 17.2 Å². The molecule has 0 bridgehead atoms. The number of rotatable bonds is 9. The summed E-state index contributed by atoms with van der Waals surface area (Å²) >= 11 is 0. The van der Waals surface area contributed by atoms with Crippen LogP contribution in [0.1, 0.15) is 24.2 Å². The fraction of sp³-hybridized carbons (Fsp3) is 0.111. The number of carboxylic acids is 1. The van der Waals surface area contributed by atoms with Gasteiger partial charge in [-0.3, -0.25) is 9.35 Å². The van der Waals surface area contributed by atoms with Crippen LogP contribution in [0.2, 0.25) is 0 Å². The number of benzene rings is 4. The molecule has 7 N–H and O–H groups in total. The van der Waals surface area contributed by atoms with Gasteiger partial charge < -0.3 is 31.1 Å². The summed E-state index contributed by atoms with van der Waals surface area (Å²) < 4.78 is 39.8. The first-order valence-corrected chi connectivity index (χ1v) is 13.7. The van der Waals surface area contributed by atoms with Crippen LogP contribution in [-0.2, 0) is 14.9 Å². The number of carbonyl (C=O) groups is 2. The standard InChI is InChI=1S/C27H24N6O9S/c1-3-42-23-12-20(31-30-16-6-7-22(35)18(10-16)27(37)38)19(29-13(2)34)11-21(23)32-33-25-24(43(39,40)41)8-14-4-5-15(28)9-17(14)26(25)36/h4-12,35-36H,3,28H2,1-2H3,(H,29,34)(H,37,38)(H,39,40,41). The van der Waals surface area contributed by atoms with Crippen LogP contribution in [-0.4, -0.2) is 46.8 Å². The van der Waals surface area contributed by atoms with E-state index in [2.05, 4.69) is 25.8 Å². The molecule has 4 aromatic rings. The zero-order valence-electron chi connectivity index (χ0n) is 22.5. The van der Waals surface area contributed by atoms with Gasteiger partial charge in [0.25, 0.3) is 10.1 Å². The number of phenolic OH excluding ortho intramolecular Hbond substituents is 1. The third-order valence-corrected chi connectivity index (χ3v) is 6.65. The summed E-state index contributed by atoms with van der Waals surface area (Å²) in [6, 6.07) is 11.6. The number of hydrogen-bond acceptors (Lipinski definition) is 12. The van der Waals surface area contributed by atoms with E-state index in [1.165, 1.54) is 43.3 Å². The van der Waals surface area contributed by atoms with E-state index in [1.807, 2.05) is 0 Å². The van der Waals surface area contributed by atoms with Gasteiger partial charge in [-0.1, -0.05) is 6.07 Å². The molecule has 0 fully saturated rings. The molecule has 0 heterocycles. The number of aromatic hydroxyl groups is 2. The molecule has 0 aliphatic carbocycles. The molecule has 0 unspecified atom stereocenters. The first kappa shape index (κ1) is 30.4. The maximum absolute atomic E-state index is 12.2. The van der Waals surface area contributed by atoms with Crippen molar-refractivity contribution in [2.75, 3.05) is 17.7 Å². The Labute approximate surface area is 243 Å². The van der Waals surface area contributed by atoms with Crippen molar-refractivity contribution in [2.45, 2.75) is 18.7 Å². The van der Waals surface area contributed by atoms with Gasteiger partial charge in [-0.2, -0.15) is 13.5 Å². The fourth-order valence-electron chi connectivity index (χ4n) is 3.90. The number of nitrogens with zero attached hydrogens (tertiary/aromatic N) is 4.